The average molecular weight is 525 g/mol. The van der Waals surface area contributed by atoms with E-state index >= 15 is 0 Å². The highest BCUT2D eigenvalue weighted by atomic mass is 16.5. The fourth-order valence-corrected chi connectivity index (χ4v) is 3.40. The van der Waals surface area contributed by atoms with E-state index in [1.165, 1.54) is 13.2 Å². The van der Waals surface area contributed by atoms with Gasteiger partial charge in [-0.15, -0.1) is 0 Å². The fraction of sp³-hybridized carbons (Fsp3) is 0.452. The van der Waals surface area contributed by atoms with Crippen LogP contribution in [-0.4, -0.2) is 30.9 Å². The van der Waals surface area contributed by atoms with Gasteiger partial charge in [0.1, 0.15) is 23.0 Å². The second-order valence-electron chi connectivity index (χ2n) is 11.5. The van der Waals surface area contributed by atoms with Crippen LogP contribution >= 0.6 is 0 Å². The van der Waals surface area contributed by atoms with Gasteiger partial charge in [0, 0.05) is 16.7 Å². The van der Waals surface area contributed by atoms with Crippen LogP contribution in [0.4, 0.5) is 0 Å². The van der Waals surface area contributed by atoms with Gasteiger partial charge in [0.25, 0.3) is 0 Å². The number of carbonyl (C=O) groups excluding carboxylic acids is 3. The number of benzene rings is 2. The van der Waals surface area contributed by atoms with Gasteiger partial charge in [-0.25, -0.2) is 0 Å². The highest BCUT2D eigenvalue weighted by molar-refractivity contribution is 6.07. The van der Waals surface area contributed by atoms with Crippen LogP contribution in [0.5, 0.6) is 23.0 Å². The number of rotatable bonds is 8. The molecule has 0 aliphatic carbocycles. The summed E-state index contributed by atoms with van der Waals surface area (Å²) in [5.74, 6) is 0.659. The number of allylic oxidation sites excluding steroid dienone is 1. The van der Waals surface area contributed by atoms with Gasteiger partial charge in [-0.1, -0.05) is 0 Å². The average Bonchev–Trinajstić information content (AvgIpc) is 2.81. The van der Waals surface area contributed by atoms with Crippen LogP contribution in [0, 0.1) is 24.7 Å². The molecule has 0 N–H and O–H groups in total. The minimum absolute atomic E-state index is 0.182. The predicted molar refractivity (Wildman–Crippen MR) is 148 cm³/mol. The maximum atomic E-state index is 13.0. The zero-order valence-electron chi connectivity index (χ0n) is 24.4. The molecule has 0 unspecified atom stereocenters. The molecule has 0 atom stereocenters. The molecule has 206 valence electrons. The van der Waals surface area contributed by atoms with Crippen LogP contribution in [-0.2, 0) is 9.59 Å². The monoisotopic (exact) mass is 524 g/mol. The van der Waals surface area contributed by atoms with E-state index in [2.05, 4.69) is 0 Å². The molecule has 0 saturated heterocycles. The van der Waals surface area contributed by atoms with Crippen LogP contribution in [0.2, 0.25) is 0 Å². The van der Waals surface area contributed by atoms with Crippen LogP contribution in [0.3, 0.4) is 0 Å². The van der Waals surface area contributed by atoms with Crippen molar-refractivity contribution in [1.82, 2.24) is 0 Å². The van der Waals surface area contributed by atoms with Crippen molar-refractivity contribution in [3.63, 3.8) is 0 Å². The molecule has 2 rings (SSSR count). The standard InChI is InChI=1S/C31H40O7/c1-18(2)36-27-20(4)25(38-29(34)31(8,9)10)19(3)26(35-11)23(27)16-17-24(32)21-12-14-22(15-13-21)37-28(33)30(5,6)7/h12-18H,1-11H3. The summed E-state index contributed by atoms with van der Waals surface area (Å²) in [5, 5.41) is 0. The van der Waals surface area contributed by atoms with Crippen molar-refractivity contribution < 1.29 is 33.3 Å². The Bertz CT molecular complexity index is 1220. The molecule has 0 fully saturated rings. The van der Waals surface area contributed by atoms with Crippen molar-refractivity contribution in [3.05, 3.63) is 52.6 Å². The van der Waals surface area contributed by atoms with Gasteiger partial charge >= 0.3 is 11.9 Å². The van der Waals surface area contributed by atoms with Crippen LogP contribution in [0.25, 0.3) is 6.08 Å². The fourth-order valence-electron chi connectivity index (χ4n) is 3.40. The molecule has 0 amide bonds. The number of hydrogen-bond acceptors (Lipinski definition) is 7. The lowest BCUT2D eigenvalue weighted by molar-refractivity contribution is -0.143. The van der Waals surface area contributed by atoms with Gasteiger partial charge < -0.3 is 18.9 Å². The lowest BCUT2D eigenvalue weighted by Gasteiger charge is -2.24. The third kappa shape index (κ3) is 7.46. The number of esters is 2. The Balaban J connectivity index is 2.47. The molecule has 7 nitrogen and oxygen atoms in total. The second-order valence-corrected chi connectivity index (χ2v) is 11.5. The normalized spacial score (nSPS) is 12.0. The van der Waals surface area contributed by atoms with E-state index in [4.69, 9.17) is 18.9 Å². The number of ketones is 1. The summed E-state index contributed by atoms with van der Waals surface area (Å²) in [6, 6.07) is 6.38. The Morgan fingerprint density at radius 2 is 1.26 bits per heavy atom. The Morgan fingerprint density at radius 1 is 0.763 bits per heavy atom. The zero-order chi connectivity index (χ0) is 29.0. The number of carbonyl (C=O) groups is 3. The third-order valence-corrected chi connectivity index (χ3v) is 5.58. The first kappa shape index (κ1) is 30.6. The first-order chi connectivity index (χ1) is 17.5. The smallest absolute Gasteiger partial charge is 0.316 e. The van der Waals surface area contributed by atoms with E-state index in [1.807, 2.05) is 20.8 Å². The summed E-state index contributed by atoms with van der Waals surface area (Å²) >= 11 is 0. The summed E-state index contributed by atoms with van der Waals surface area (Å²) in [5.41, 5.74) is 0.907. The maximum absolute atomic E-state index is 13.0. The van der Waals surface area contributed by atoms with Crippen molar-refractivity contribution in [1.29, 1.82) is 0 Å². The maximum Gasteiger partial charge on any atom is 0.316 e. The molecule has 0 aliphatic rings. The summed E-state index contributed by atoms with van der Waals surface area (Å²) in [6.45, 7) is 18.1. The van der Waals surface area contributed by atoms with Gasteiger partial charge in [0.05, 0.1) is 29.6 Å². The van der Waals surface area contributed by atoms with Crippen LogP contribution in [0.15, 0.2) is 30.3 Å². The Hall–Kier alpha value is -3.61. The number of hydrogen-bond donors (Lipinski definition) is 0. The summed E-state index contributed by atoms with van der Waals surface area (Å²) in [6.07, 6.45) is 2.89. The Kier molecular flexibility index (Phi) is 9.54. The van der Waals surface area contributed by atoms with E-state index in [1.54, 1.807) is 78.8 Å². The highest BCUT2D eigenvalue weighted by Crippen LogP contribution is 2.44. The first-order valence-electron chi connectivity index (χ1n) is 12.6. The van der Waals surface area contributed by atoms with E-state index in [0.717, 1.165) is 0 Å². The van der Waals surface area contributed by atoms with Gasteiger partial charge in [-0.3, -0.25) is 14.4 Å². The summed E-state index contributed by atoms with van der Waals surface area (Å²) in [7, 11) is 1.52. The summed E-state index contributed by atoms with van der Waals surface area (Å²) < 4.78 is 23.0. The van der Waals surface area contributed by atoms with E-state index in [9.17, 15) is 14.4 Å². The van der Waals surface area contributed by atoms with Crippen molar-refractivity contribution in [2.24, 2.45) is 10.8 Å². The molecule has 38 heavy (non-hydrogen) atoms. The molecule has 7 heteroatoms. The molecule has 0 spiro atoms. The van der Waals surface area contributed by atoms with Crippen molar-refractivity contribution in [2.45, 2.75) is 75.3 Å². The minimum atomic E-state index is -0.698. The minimum Gasteiger partial charge on any atom is -0.496 e. The largest absolute Gasteiger partial charge is 0.496 e. The lowest BCUT2D eigenvalue weighted by atomic mass is 9.96. The summed E-state index contributed by atoms with van der Waals surface area (Å²) in [4.78, 5) is 37.8. The Labute approximate surface area is 226 Å². The van der Waals surface area contributed by atoms with E-state index in [0.29, 0.717) is 45.3 Å². The predicted octanol–water partition coefficient (Wildman–Crippen LogP) is 6.90. The highest BCUT2D eigenvalue weighted by Gasteiger charge is 2.29. The molecular weight excluding hydrogens is 484 g/mol. The zero-order valence-corrected chi connectivity index (χ0v) is 24.4. The van der Waals surface area contributed by atoms with Crippen LogP contribution < -0.4 is 18.9 Å². The number of methoxy groups -OCH3 is 1. The van der Waals surface area contributed by atoms with Crippen LogP contribution in [0.1, 0.15) is 82.4 Å². The molecule has 2 aromatic rings. The third-order valence-electron chi connectivity index (χ3n) is 5.58. The first-order valence-corrected chi connectivity index (χ1v) is 12.6. The molecular formula is C31H40O7. The lowest BCUT2D eigenvalue weighted by Crippen LogP contribution is -2.26. The topological polar surface area (TPSA) is 88.1 Å². The molecule has 2 aromatic carbocycles. The van der Waals surface area contributed by atoms with Gasteiger partial charge in [0.15, 0.2) is 5.78 Å². The quantitative estimate of drug-likeness (QED) is 0.161. The number of ether oxygens (including phenoxy) is 4. The van der Waals surface area contributed by atoms with Crippen molar-refractivity contribution in [3.8, 4) is 23.0 Å². The SMILES string of the molecule is COc1c(C)c(OC(=O)C(C)(C)C)c(C)c(OC(C)C)c1C=CC(=O)c1ccc(OC(=O)C(C)(C)C)cc1. The molecule has 0 bridgehead atoms. The second kappa shape index (κ2) is 11.8. The molecule has 0 aliphatic heterocycles. The van der Waals surface area contributed by atoms with Gasteiger partial charge in [-0.05, 0) is 106 Å². The molecule has 0 saturated carbocycles. The van der Waals surface area contributed by atoms with Crippen molar-refractivity contribution >= 4 is 23.8 Å². The molecule has 0 aromatic heterocycles. The molecule has 0 heterocycles. The van der Waals surface area contributed by atoms with E-state index < -0.39 is 10.8 Å². The van der Waals surface area contributed by atoms with E-state index in [-0.39, 0.29) is 23.8 Å². The molecule has 0 radical (unpaired) electrons. The van der Waals surface area contributed by atoms with Gasteiger partial charge in [-0.2, -0.15) is 0 Å². The van der Waals surface area contributed by atoms with Gasteiger partial charge in [0.2, 0.25) is 0 Å². The van der Waals surface area contributed by atoms with Crippen molar-refractivity contribution in [2.75, 3.05) is 7.11 Å². The Morgan fingerprint density at radius 3 is 1.74 bits per heavy atom.